The van der Waals surface area contributed by atoms with Crippen LogP contribution in [-0.2, 0) is 14.8 Å². The van der Waals surface area contributed by atoms with Crippen molar-refractivity contribution >= 4 is 39.2 Å². The van der Waals surface area contributed by atoms with Crippen molar-refractivity contribution in [2.75, 3.05) is 0 Å². The minimum absolute atomic E-state index is 0.0147. The molecule has 1 aliphatic carbocycles. The second-order valence-corrected chi connectivity index (χ2v) is 8.68. The zero-order valence-electron chi connectivity index (χ0n) is 12.3. The second kappa shape index (κ2) is 6.24. The van der Waals surface area contributed by atoms with Crippen LogP contribution in [0.3, 0.4) is 0 Å². The number of benzene rings is 1. The maximum absolute atomic E-state index is 13.1. The summed E-state index contributed by atoms with van der Waals surface area (Å²) >= 11 is 12.1. The lowest BCUT2D eigenvalue weighted by atomic mass is 9.85. The van der Waals surface area contributed by atoms with Gasteiger partial charge in [-0.3, -0.25) is 4.79 Å². The Morgan fingerprint density at radius 2 is 1.78 bits per heavy atom. The normalized spacial score (nSPS) is 28.5. The molecule has 126 valence electrons. The van der Waals surface area contributed by atoms with Gasteiger partial charge in [-0.2, -0.15) is 4.31 Å². The first-order chi connectivity index (χ1) is 10.8. The van der Waals surface area contributed by atoms with Crippen molar-refractivity contribution in [3.05, 3.63) is 28.2 Å². The minimum Gasteiger partial charge on any atom is -0.480 e. The molecule has 5 nitrogen and oxygen atoms in total. The van der Waals surface area contributed by atoms with E-state index in [1.807, 2.05) is 0 Å². The lowest BCUT2D eigenvalue weighted by Gasteiger charge is -2.32. The summed E-state index contributed by atoms with van der Waals surface area (Å²) in [6.45, 7) is 0. The Balaban J connectivity index is 2.11. The molecule has 1 heterocycles. The van der Waals surface area contributed by atoms with Crippen molar-refractivity contribution in [1.82, 2.24) is 4.31 Å². The van der Waals surface area contributed by atoms with Crippen LogP contribution < -0.4 is 0 Å². The fourth-order valence-corrected chi connectivity index (χ4v) is 6.78. The van der Waals surface area contributed by atoms with Crippen LogP contribution in [0.1, 0.15) is 32.1 Å². The van der Waals surface area contributed by atoms with Gasteiger partial charge in [0.1, 0.15) is 10.9 Å². The third-order valence-electron chi connectivity index (χ3n) is 4.77. The molecule has 3 atom stereocenters. The molecule has 3 unspecified atom stereocenters. The van der Waals surface area contributed by atoms with Crippen LogP contribution in [0.2, 0.25) is 10.0 Å². The van der Waals surface area contributed by atoms with Gasteiger partial charge in [0.25, 0.3) is 0 Å². The van der Waals surface area contributed by atoms with Crippen molar-refractivity contribution in [2.24, 2.45) is 5.92 Å². The quantitative estimate of drug-likeness (QED) is 0.875. The zero-order valence-corrected chi connectivity index (χ0v) is 14.6. The van der Waals surface area contributed by atoms with E-state index >= 15 is 0 Å². The van der Waals surface area contributed by atoms with Gasteiger partial charge in [0.05, 0.1) is 10.0 Å². The van der Waals surface area contributed by atoms with Crippen LogP contribution in [0.15, 0.2) is 23.1 Å². The van der Waals surface area contributed by atoms with E-state index in [0.717, 1.165) is 23.6 Å². The molecule has 0 radical (unpaired) electrons. The smallest absolute Gasteiger partial charge is 0.322 e. The molecule has 0 amide bonds. The topological polar surface area (TPSA) is 74.7 Å². The number of nitrogens with zero attached hydrogens (tertiary/aromatic N) is 1. The molecule has 1 aromatic carbocycles. The van der Waals surface area contributed by atoms with E-state index in [-0.39, 0.29) is 26.9 Å². The van der Waals surface area contributed by atoms with Crippen LogP contribution >= 0.6 is 23.2 Å². The van der Waals surface area contributed by atoms with Gasteiger partial charge in [-0.05, 0) is 37.3 Å². The lowest BCUT2D eigenvalue weighted by Crippen LogP contribution is -2.46. The first-order valence-corrected chi connectivity index (χ1v) is 9.74. The third kappa shape index (κ3) is 2.86. The van der Waals surface area contributed by atoms with Crippen LogP contribution in [0.25, 0.3) is 0 Å². The summed E-state index contributed by atoms with van der Waals surface area (Å²) in [7, 11) is -4.08. The molecule has 0 spiro atoms. The lowest BCUT2D eigenvalue weighted by molar-refractivity contribution is -0.141. The van der Waals surface area contributed by atoms with Crippen molar-refractivity contribution < 1.29 is 18.3 Å². The highest BCUT2D eigenvalue weighted by atomic mass is 35.5. The molecule has 3 rings (SSSR count). The van der Waals surface area contributed by atoms with Gasteiger partial charge in [-0.1, -0.05) is 42.1 Å². The fourth-order valence-electron chi connectivity index (χ4n) is 3.81. The minimum atomic E-state index is -4.08. The van der Waals surface area contributed by atoms with Gasteiger partial charge in [0.15, 0.2) is 0 Å². The highest BCUT2D eigenvalue weighted by molar-refractivity contribution is 7.89. The van der Waals surface area contributed by atoms with Gasteiger partial charge in [-0.25, -0.2) is 8.42 Å². The molecule has 0 bridgehead atoms. The number of carbonyl (C=O) groups is 1. The summed E-state index contributed by atoms with van der Waals surface area (Å²) < 4.78 is 27.4. The highest BCUT2D eigenvalue weighted by Crippen LogP contribution is 2.44. The monoisotopic (exact) mass is 377 g/mol. The SMILES string of the molecule is O=C(O)C1CC2CCCCC2N1S(=O)(=O)c1c(Cl)cccc1Cl. The summed E-state index contributed by atoms with van der Waals surface area (Å²) in [6, 6.07) is 3.11. The third-order valence-corrected chi connectivity index (χ3v) is 7.66. The number of hydrogen-bond acceptors (Lipinski definition) is 3. The molecular weight excluding hydrogens is 361 g/mol. The highest BCUT2D eigenvalue weighted by Gasteiger charge is 2.51. The average Bonchev–Trinajstić information content (AvgIpc) is 2.87. The average molecular weight is 378 g/mol. The Kier molecular flexibility index (Phi) is 4.62. The second-order valence-electron chi connectivity index (χ2n) is 6.09. The largest absolute Gasteiger partial charge is 0.480 e. The Hall–Kier alpha value is -0.820. The van der Waals surface area contributed by atoms with E-state index < -0.39 is 22.0 Å². The molecule has 1 aromatic rings. The molecule has 0 aromatic heterocycles. The summed E-state index contributed by atoms with van der Waals surface area (Å²) in [5.41, 5.74) is 0. The van der Waals surface area contributed by atoms with E-state index in [9.17, 15) is 18.3 Å². The first-order valence-electron chi connectivity index (χ1n) is 7.54. The van der Waals surface area contributed by atoms with E-state index in [4.69, 9.17) is 23.2 Å². The predicted molar refractivity (Wildman–Crippen MR) is 87.3 cm³/mol. The Morgan fingerprint density at radius 3 is 2.39 bits per heavy atom. The Bertz CT molecular complexity index is 717. The van der Waals surface area contributed by atoms with E-state index in [0.29, 0.717) is 12.8 Å². The molecule has 23 heavy (non-hydrogen) atoms. The molecular formula is C15H17Cl2NO4S. The molecule has 1 aliphatic heterocycles. The van der Waals surface area contributed by atoms with E-state index in [1.54, 1.807) is 6.07 Å². The fraction of sp³-hybridized carbons (Fsp3) is 0.533. The summed E-state index contributed by atoms with van der Waals surface area (Å²) in [5, 5.41) is 9.54. The summed E-state index contributed by atoms with van der Waals surface area (Å²) in [6.07, 6.45) is 3.79. The molecule has 2 aliphatic rings. The van der Waals surface area contributed by atoms with Crippen LogP contribution in [0.5, 0.6) is 0 Å². The molecule has 1 saturated heterocycles. The van der Waals surface area contributed by atoms with Crippen molar-refractivity contribution in [1.29, 1.82) is 0 Å². The van der Waals surface area contributed by atoms with Crippen LogP contribution in [0, 0.1) is 5.92 Å². The van der Waals surface area contributed by atoms with E-state index in [2.05, 4.69) is 0 Å². The number of hydrogen-bond donors (Lipinski definition) is 1. The maximum atomic E-state index is 13.1. The molecule has 1 saturated carbocycles. The number of halogens is 2. The number of sulfonamides is 1. The summed E-state index contributed by atoms with van der Waals surface area (Å²) in [4.78, 5) is 11.4. The van der Waals surface area contributed by atoms with Crippen LogP contribution in [0.4, 0.5) is 0 Å². The van der Waals surface area contributed by atoms with Gasteiger partial charge in [-0.15, -0.1) is 0 Å². The van der Waals surface area contributed by atoms with Gasteiger partial charge < -0.3 is 5.11 Å². The number of aliphatic carboxylic acids is 1. The molecule has 1 N–H and O–H groups in total. The van der Waals surface area contributed by atoms with Crippen LogP contribution in [-0.4, -0.2) is 35.9 Å². The maximum Gasteiger partial charge on any atom is 0.322 e. The summed E-state index contributed by atoms with van der Waals surface area (Å²) in [5.74, 6) is -1.04. The first kappa shape index (κ1) is 17.0. The number of carboxylic acids is 1. The Morgan fingerprint density at radius 1 is 1.17 bits per heavy atom. The van der Waals surface area contributed by atoms with E-state index in [1.165, 1.54) is 12.1 Å². The van der Waals surface area contributed by atoms with Gasteiger partial charge >= 0.3 is 5.97 Å². The Labute approximate surface area is 145 Å². The standard InChI is InChI=1S/C15H17Cl2NO4S/c16-10-5-3-6-11(17)14(10)23(21,22)18-12-7-2-1-4-9(12)8-13(18)15(19)20/h3,5-6,9,12-13H,1-2,4,7-8H2,(H,19,20). The number of carboxylic acid groups (broad SMARTS) is 1. The zero-order chi connectivity index (χ0) is 16.8. The van der Waals surface area contributed by atoms with Crippen molar-refractivity contribution in [3.63, 3.8) is 0 Å². The predicted octanol–water partition coefficient (Wildman–Crippen LogP) is 3.40. The van der Waals surface area contributed by atoms with Crippen molar-refractivity contribution in [3.8, 4) is 0 Å². The number of rotatable bonds is 3. The van der Waals surface area contributed by atoms with Gasteiger partial charge in [0, 0.05) is 6.04 Å². The number of fused-ring (bicyclic) bond motifs is 1. The molecule has 2 fully saturated rings. The van der Waals surface area contributed by atoms with Crippen molar-refractivity contribution in [2.45, 2.75) is 49.1 Å². The van der Waals surface area contributed by atoms with Gasteiger partial charge in [0.2, 0.25) is 10.0 Å². The molecule has 8 heteroatoms.